The van der Waals surface area contributed by atoms with E-state index >= 15 is 0 Å². The number of nitrogens with zero attached hydrogens (tertiary/aromatic N) is 3. The number of aryl methyl sites for hydroxylation is 1. The number of likely N-dealkylation sites (tertiary alicyclic amines) is 1. The first-order valence-electron chi connectivity index (χ1n) is 8.69. The van der Waals surface area contributed by atoms with Crippen LogP contribution in [0.4, 0.5) is 0 Å². The van der Waals surface area contributed by atoms with Gasteiger partial charge in [0.2, 0.25) is 5.91 Å². The highest BCUT2D eigenvalue weighted by molar-refractivity contribution is 6.41. The van der Waals surface area contributed by atoms with E-state index in [4.69, 9.17) is 14.8 Å². The largest absolute Gasteiger partial charge is 0.507 e. The molecule has 1 aliphatic heterocycles. The second kappa shape index (κ2) is 8.32. The zero-order valence-corrected chi connectivity index (χ0v) is 14.9. The maximum absolute atomic E-state index is 12.1. The van der Waals surface area contributed by atoms with Crippen LogP contribution in [0.25, 0.3) is 0 Å². The van der Waals surface area contributed by atoms with Crippen molar-refractivity contribution in [2.24, 2.45) is 0 Å². The van der Waals surface area contributed by atoms with Crippen molar-refractivity contribution in [1.82, 2.24) is 14.5 Å². The molecule has 11 heteroatoms. The van der Waals surface area contributed by atoms with Gasteiger partial charge in [0.1, 0.15) is 29.7 Å². The minimum absolute atomic E-state index is 0.00463. The molecule has 0 aliphatic carbocycles. The molecule has 0 bridgehead atoms. The fraction of sp³-hybridized carbons (Fsp3) is 0.353. The molecule has 0 radical (unpaired) electrons. The Bertz CT molecular complexity index is 851. The number of carboxylic acid groups (broad SMARTS) is 1. The summed E-state index contributed by atoms with van der Waals surface area (Å²) in [7, 11) is -1.55. The van der Waals surface area contributed by atoms with Crippen LogP contribution >= 0.6 is 0 Å². The van der Waals surface area contributed by atoms with Gasteiger partial charge in [0.15, 0.2) is 0 Å². The van der Waals surface area contributed by atoms with Gasteiger partial charge in [-0.3, -0.25) is 4.79 Å². The number of aromatic hydroxyl groups is 1. The minimum Gasteiger partial charge on any atom is -0.507 e. The van der Waals surface area contributed by atoms with E-state index in [9.17, 15) is 19.8 Å². The average molecular weight is 389 g/mol. The number of aromatic carboxylic acids is 1. The summed E-state index contributed by atoms with van der Waals surface area (Å²) in [5.41, 5.74) is -0.100. The van der Waals surface area contributed by atoms with E-state index < -0.39 is 18.8 Å². The van der Waals surface area contributed by atoms with Crippen molar-refractivity contribution >= 4 is 19.0 Å². The SMILES string of the molecule is O=C(O)c1c(OC2CN(C(=O)Cn3ccnc3)C2)ccc(CCB(O)O)c1O. The number of ether oxygens (including phenoxy) is 1. The monoisotopic (exact) mass is 389 g/mol. The molecule has 148 valence electrons. The van der Waals surface area contributed by atoms with Crippen LogP contribution in [0, 0.1) is 0 Å². The molecule has 0 atom stereocenters. The fourth-order valence-electron chi connectivity index (χ4n) is 2.94. The van der Waals surface area contributed by atoms with Gasteiger partial charge in [-0.15, -0.1) is 0 Å². The van der Waals surface area contributed by atoms with Crippen molar-refractivity contribution < 1.29 is 34.6 Å². The predicted molar refractivity (Wildman–Crippen MR) is 97.0 cm³/mol. The van der Waals surface area contributed by atoms with Gasteiger partial charge in [-0.25, -0.2) is 9.78 Å². The Balaban J connectivity index is 1.62. The highest BCUT2D eigenvalue weighted by atomic mass is 16.5. The summed E-state index contributed by atoms with van der Waals surface area (Å²) >= 11 is 0. The zero-order valence-electron chi connectivity index (χ0n) is 14.9. The first kappa shape index (κ1) is 19.7. The third kappa shape index (κ3) is 4.43. The molecule has 1 aromatic heterocycles. The first-order valence-corrected chi connectivity index (χ1v) is 8.69. The highest BCUT2D eigenvalue weighted by Gasteiger charge is 2.33. The number of carbonyl (C=O) groups excluding carboxylic acids is 1. The number of aromatic nitrogens is 2. The Labute approximate surface area is 160 Å². The molecule has 1 fully saturated rings. The third-order valence-electron chi connectivity index (χ3n) is 4.48. The summed E-state index contributed by atoms with van der Waals surface area (Å²) in [5, 5.41) is 37.6. The summed E-state index contributed by atoms with van der Waals surface area (Å²) in [6, 6.07) is 2.92. The van der Waals surface area contributed by atoms with Crippen LogP contribution in [0.2, 0.25) is 6.32 Å². The maximum atomic E-state index is 12.1. The van der Waals surface area contributed by atoms with Gasteiger partial charge in [0.05, 0.1) is 19.4 Å². The molecule has 1 aromatic carbocycles. The van der Waals surface area contributed by atoms with Crippen molar-refractivity contribution in [2.75, 3.05) is 13.1 Å². The Morgan fingerprint density at radius 2 is 2.04 bits per heavy atom. The van der Waals surface area contributed by atoms with Gasteiger partial charge in [-0.05, 0) is 24.4 Å². The number of amides is 1. The van der Waals surface area contributed by atoms with Crippen LogP contribution in [-0.4, -0.2) is 72.9 Å². The van der Waals surface area contributed by atoms with Crippen LogP contribution in [0.1, 0.15) is 15.9 Å². The number of rotatable bonds is 8. The molecule has 0 unspecified atom stereocenters. The van der Waals surface area contributed by atoms with Crippen molar-refractivity contribution in [1.29, 1.82) is 0 Å². The van der Waals surface area contributed by atoms with Gasteiger partial charge < -0.3 is 34.5 Å². The van der Waals surface area contributed by atoms with Crippen LogP contribution < -0.4 is 4.74 Å². The van der Waals surface area contributed by atoms with Crippen LogP contribution in [0.5, 0.6) is 11.5 Å². The van der Waals surface area contributed by atoms with Crippen LogP contribution in [-0.2, 0) is 17.8 Å². The van der Waals surface area contributed by atoms with Crippen LogP contribution in [0.15, 0.2) is 30.9 Å². The number of hydrogen-bond donors (Lipinski definition) is 4. The summed E-state index contributed by atoms with van der Waals surface area (Å²) in [4.78, 5) is 29.2. The molecule has 0 saturated carbocycles. The van der Waals surface area contributed by atoms with E-state index in [2.05, 4.69) is 4.98 Å². The van der Waals surface area contributed by atoms with Crippen molar-refractivity contribution in [2.45, 2.75) is 25.4 Å². The quantitative estimate of drug-likeness (QED) is 0.446. The molecule has 1 saturated heterocycles. The first-order chi connectivity index (χ1) is 13.3. The molecule has 10 nitrogen and oxygen atoms in total. The summed E-state index contributed by atoms with van der Waals surface area (Å²) in [6.45, 7) is 0.789. The fourth-order valence-corrected chi connectivity index (χ4v) is 2.94. The highest BCUT2D eigenvalue weighted by Crippen LogP contribution is 2.33. The van der Waals surface area contributed by atoms with E-state index in [1.54, 1.807) is 28.2 Å². The lowest BCUT2D eigenvalue weighted by atomic mass is 9.82. The normalized spacial score (nSPS) is 13.9. The molecule has 0 spiro atoms. The standard InChI is InChI=1S/C17H20BN3O7/c22-14(9-20-6-5-19-10-20)21-7-12(8-21)28-13-2-1-11(3-4-18(26)27)16(23)15(13)17(24)25/h1-2,5-6,10,12,23,26-27H,3-4,7-9H2,(H,24,25). The van der Waals surface area contributed by atoms with Gasteiger partial charge in [0, 0.05) is 12.4 Å². The number of imidazole rings is 1. The Morgan fingerprint density at radius 3 is 2.64 bits per heavy atom. The molecule has 4 N–H and O–H groups in total. The molecule has 2 heterocycles. The minimum atomic E-state index is -1.55. The number of carbonyl (C=O) groups is 2. The second-order valence-corrected chi connectivity index (χ2v) is 6.54. The lowest BCUT2D eigenvalue weighted by molar-refractivity contribution is -0.140. The lowest BCUT2D eigenvalue weighted by Crippen LogP contribution is -2.57. The molecular formula is C17H20BN3O7. The van der Waals surface area contributed by atoms with Crippen LogP contribution in [0.3, 0.4) is 0 Å². The Hall–Kier alpha value is -3.05. The molecule has 1 aliphatic rings. The molecule has 28 heavy (non-hydrogen) atoms. The smallest absolute Gasteiger partial charge is 0.451 e. The van der Waals surface area contributed by atoms with Crippen molar-refractivity contribution in [3.8, 4) is 11.5 Å². The van der Waals surface area contributed by atoms with E-state index in [1.807, 2.05) is 0 Å². The number of carboxylic acids is 1. The summed E-state index contributed by atoms with van der Waals surface area (Å²) < 4.78 is 7.32. The number of phenols is 1. The third-order valence-corrected chi connectivity index (χ3v) is 4.48. The predicted octanol–water partition coefficient (Wildman–Crippen LogP) is -0.408. The molecular weight excluding hydrogens is 369 g/mol. The van der Waals surface area contributed by atoms with Gasteiger partial charge in [-0.2, -0.15) is 0 Å². The second-order valence-electron chi connectivity index (χ2n) is 6.54. The summed E-state index contributed by atoms with van der Waals surface area (Å²) in [5.74, 6) is -1.91. The lowest BCUT2D eigenvalue weighted by Gasteiger charge is -2.39. The summed E-state index contributed by atoms with van der Waals surface area (Å²) in [6.07, 6.45) is 4.50. The molecule has 2 aromatic rings. The van der Waals surface area contributed by atoms with Gasteiger partial charge in [0.25, 0.3) is 0 Å². The molecule has 1 amide bonds. The van der Waals surface area contributed by atoms with E-state index in [1.165, 1.54) is 12.1 Å². The number of hydrogen-bond acceptors (Lipinski definition) is 7. The van der Waals surface area contributed by atoms with E-state index in [-0.39, 0.29) is 48.2 Å². The van der Waals surface area contributed by atoms with Crippen molar-refractivity contribution in [3.63, 3.8) is 0 Å². The zero-order chi connectivity index (χ0) is 20.3. The number of benzene rings is 1. The van der Waals surface area contributed by atoms with Gasteiger partial charge >= 0.3 is 13.1 Å². The van der Waals surface area contributed by atoms with E-state index in [0.29, 0.717) is 13.1 Å². The van der Waals surface area contributed by atoms with E-state index in [0.717, 1.165) is 0 Å². The Morgan fingerprint density at radius 1 is 1.29 bits per heavy atom. The molecule has 3 rings (SSSR count). The average Bonchev–Trinajstić information content (AvgIpc) is 3.09. The van der Waals surface area contributed by atoms with Gasteiger partial charge in [-0.1, -0.05) is 6.07 Å². The maximum Gasteiger partial charge on any atom is 0.451 e. The van der Waals surface area contributed by atoms with Crippen molar-refractivity contribution in [3.05, 3.63) is 42.0 Å². The Kier molecular flexibility index (Phi) is 5.86. The topological polar surface area (TPSA) is 145 Å².